The number of carbonyl (C=O) groups excluding carboxylic acids is 2. The molecule has 1 aromatic heterocycles. The van der Waals surface area contributed by atoms with Gasteiger partial charge in [0.1, 0.15) is 0 Å². The number of aryl methyl sites for hydroxylation is 2. The quantitative estimate of drug-likeness (QED) is 0.671. The van der Waals surface area contributed by atoms with Crippen LogP contribution in [0.4, 0.5) is 11.4 Å². The fourth-order valence-electron chi connectivity index (χ4n) is 2.96. The van der Waals surface area contributed by atoms with Crippen LogP contribution in [-0.4, -0.2) is 47.5 Å². The van der Waals surface area contributed by atoms with Crippen molar-refractivity contribution in [1.29, 1.82) is 0 Å². The zero-order chi connectivity index (χ0) is 19.9. The SMILES string of the molecule is Cc1nc(CSCC(=O)OCC(=O)Nc2ccc(N3CCCC3)cc2C)no1. The van der Waals surface area contributed by atoms with Crippen molar-refractivity contribution in [3.63, 3.8) is 0 Å². The number of amides is 1. The topological polar surface area (TPSA) is 97.6 Å². The van der Waals surface area contributed by atoms with E-state index in [9.17, 15) is 9.59 Å². The lowest BCUT2D eigenvalue weighted by molar-refractivity contribution is -0.144. The predicted molar refractivity (Wildman–Crippen MR) is 107 cm³/mol. The van der Waals surface area contributed by atoms with Crippen molar-refractivity contribution in [2.24, 2.45) is 0 Å². The molecule has 2 aromatic rings. The maximum atomic E-state index is 12.1. The van der Waals surface area contributed by atoms with E-state index in [1.807, 2.05) is 19.1 Å². The summed E-state index contributed by atoms with van der Waals surface area (Å²) in [6.45, 7) is 5.50. The molecule has 0 atom stereocenters. The summed E-state index contributed by atoms with van der Waals surface area (Å²) in [7, 11) is 0. The molecule has 0 spiro atoms. The number of ether oxygens (including phenoxy) is 1. The van der Waals surface area contributed by atoms with E-state index in [1.165, 1.54) is 30.3 Å². The molecule has 8 nitrogen and oxygen atoms in total. The molecule has 28 heavy (non-hydrogen) atoms. The minimum absolute atomic E-state index is 0.116. The first-order chi connectivity index (χ1) is 13.5. The summed E-state index contributed by atoms with van der Waals surface area (Å²) in [6, 6.07) is 5.98. The summed E-state index contributed by atoms with van der Waals surface area (Å²) >= 11 is 1.30. The van der Waals surface area contributed by atoms with Crippen LogP contribution < -0.4 is 10.2 Å². The highest BCUT2D eigenvalue weighted by atomic mass is 32.2. The van der Waals surface area contributed by atoms with Crippen molar-refractivity contribution < 1.29 is 18.8 Å². The van der Waals surface area contributed by atoms with Crippen LogP contribution in [-0.2, 0) is 20.1 Å². The maximum Gasteiger partial charge on any atom is 0.316 e. The van der Waals surface area contributed by atoms with Gasteiger partial charge in [0, 0.05) is 31.4 Å². The maximum absolute atomic E-state index is 12.1. The number of anilines is 2. The second-order valence-corrected chi connectivity index (χ2v) is 7.61. The highest BCUT2D eigenvalue weighted by molar-refractivity contribution is 7.99. The highest BCUT2D eigenvalue weighted by Gasteiger charge is 2.14. The van der Waals surface area contributed by atoms with Crippen LogP contribution in [0.25, 0.3) is 0 Å². The predicted octanol–water partition coefficient (Wildman–Crippen LogP) is 2.70. The standard InChI is InChI=1S/C19H24N4O4S/c1-13-9-15(23-7-3-4-8-23)5-6-16(13)21-18(24)10-26-19(25)12-28-11-17-20-14(2)27-22-17/h5-6,9H,3-4,7-8,10-12H2,1-2H3,(H,21,24). The van der Waals surface area contributed by atoms with Gasteiger partial charge in [0.25, 0.3) is 5.91 Å². The van der Waals surface area contributed by atoms with Gasteiger partial charge in [-0.25, -0.2) is 0 Å². The molecule has 9 heteroatoms. The van der Waals surface area contributed by atoms with Gasteiger partial charge in [-0.3, -0.25) is 9.59 Å². The van der Waals surface area contributed by atoms with E-state index in [-0.39, 0.29) is 18.3 Å². The molecule has 0 radical (unpaired) electrons. The van der Waals surface area contributed by atoms with Gasteiger partial charge in [-0.05, 0) is 43.5 Å². The summed E-state index contributed by atoms with van der Waals surface area (Å²) in [5.41, 5.74) is 2.88. The Morgan fingerprint density at radius 1 is 1.29 bits per heavy atom. The Bertz CT molecular complexity index is 833. The molecule has 0 unspecified atom stereocenters. The normalized spacial score (nSPS) is 13.6. The lowest BCUT2D eigenvalue weighted by atomic mass is 10.1. The van der Waals surface area contributed by atoms with Gasteiger partial charge in [-0.1, -0.05) is 5.16 Å². The average molecular weight is 404 g/mol. The number of hydrogen-bond donors (Lipinski definition) is 1. The van der Waals surface area contributed by atoms with Crippen LogP contribution in [0, 0.1) is 13.8 Å². The lowest BCUT2D eigenvalue weighted by Crippen LogP contribution is -2.22. The summed E-state index contributed by atoms with van der Waals surface area (Å²) in [5, 5.41) is 6.54. The summed E-state index contributed by atoms with van der Waals surface area (Å²) in [5.74, 6) is 0.760. The van der Waals surface area contributed by atoms with Crippen molar-refractivity contribution >= 4 is 35.0 Å². The molecule has 3 rings (SSSR count). The number of nitrogens with zero attached hydrogens (tertiary/aromatic N) is 3. The smallest absolute Gasteiger partial charge is 0.316 e. The molecule has 2 heterocycles. The van der Waals surface area contributed by atoms with Crippen molar-refractivity contribution in [2.45, 2.75) is 32.4 Å². The van der Waals surface area contributed by atoms with Gasteiger partial charge in [-0.2, -0.15) is 4.98 Å². The van der Waals surface area contributed by atoms with Crippen LogP contribution in [0.15, 0.2) is 22.7 Å². The van der Waals surface area contributed by atoms with Crippen molar-refractivity contribution in [3.05, 3.63) is 35.5 Å². The first-order valence-corrected chi connectivity index (χ1v) is 10.3. The number of thioether (sulfide) groups is 1. The number of rotatable bonds is 8. The molecule has 1 N–H and O–H groups in total. The van der Waals surface area contributed by atoms with E-state index in [2.05, 4.69) is 26.4 Å². The van der Waals surface area contributed by atoms with E-state index in [0.717, 1.165) is 24.3 Å². The van der Waals surface area contributed by atoms with Crippen LogP contribution in [0.1, 0.15) is 30.1 Å². The molecule has 0 aliphatic carbocycles. The number of benzene rings is 1. The van der Waals surface area contributed by atoms with Crippen LogP contribution in [0.2, 0.25) is 0 Å². The molecule has 0 bridgehead atoms. The van der Waals surface area contributed by atoms with Crippen LogP contribution in [0.5, 0.6) is 0 Å². The largest absolute Gasteiger partial charge is 0.455 e. The molecule has 1 saturated heterocycles. The van der Waals surface area contributed by atoms with E-state index < -0.39 is 5.97 Å². The summed E-state index contributed by atoms with van der Waals surface area (Å²) < 4.78 is 9.88. The third kappa shape index (κ3) is 5.72. The second kappa shape index (κ2) is 9.59. The Balaban J connectivity index is 1.39. The number of nitrogens with one attached hydrogen (secondary N) is 1. The lowest BCUT2D eigenvalue weighted by Gasteiger charge is -2.19. The van der Waals surface area contributed by atoms with Crippen molar-refractivity contribution in [1.82, 2.24) is 10.1 Å². The van der Waals surface area contributed by atoms with E-state index in [4.69, 9.17) is 9.26 Å². The molecule has 1 aliphatic heterocycles. The fourth-order valence-corrected chi connectivity index (χ4v) is 3.61. The monoisotopic (exact) mass is 404 g/mol. The van der Waals surface area contributed by atoms with Crippen LogP contribution in [0.3, 0.4) is 0 Å². The zero-order valence-corrected chi connectivity index (χ0v) is 16.9. The van der Waals surface area contributed by atoms with Gasteiger partial charge in [-0.15, -0.1) is 11.8 Å². The number of aromatic nitrogens is 2. The third-order valence-electron chi connectivity index (χ3n) is 4.34. The minimum Gasteiger partial charge on any atom is -0.455 e. The van der Waals surface area contributed by atoms with Gasteiger partial charge in [0.2, 0.25) is 5.89 Å². The zero-order valence-electron chi connectivity index (χ0n) is 16.1. The molecule has 150 valence electrons. The Hall–Kier alpha value is -2.55. The first kappa shape index (κ1) is 20.2. The fraction of sp³-hybridized carbons (Fsp3) is 0.474. The van der Waals surface area contributed by atoms with Gasteiger partial charge in [0.05, 0.1) is 11.5 Å². The van der Waals surface area contributed by atoms with Gasteiger partial charge < -0.3 is 19.5 Å². The van der Waals surface area contributed by atoms with E-state index in [0.29, 0.717) is 17.5 Å². The Labute approximate surface area is 168 Å². The van der Waals surface area contributed by atoms with Gasteiger partial charge in [0.15, 0.2) is 12.4 Å². The molecule has 0 saturated carbocycles. The molecule has 1 aliphatic rings. The van der Waals surface area contributed by atoms with Crippen molar-refractivity contribution in [3.8, 4) is 0 Å². The van der Waals surface area contributed by atoms with Gasteiger partial charge >= 0.3 is 5.97 Å². The highest BCUT2D eigenvalue weighted by Crippen LogP contribution is 2.25. The second-order valence-electron chi connectivity index (χ2n) is 6.62. The molecule has 1 aromatic carbocycles. The number of hydrogen-bond acceptors (Lipinski definition) is 8. The van der Waals surface area contributed by atoms with E-state index >= 15 is 0 Å². The molecule has 1 amide bonds. The van der Waals surface area contributed by atoms with Crippen LogP contribution >= 0.6 is 11.8 Å². The first-order valence-electron chi connectivity index (χ1n) is 9.19. The molecular weight excluding hydrogens is 380 g/mol. The summed E-state index contributed by atoms with van der Waals surface area (Å²) in [4.78, 5) is 30.2. The Kier molecular flexibility index (Phi) is 6.91. The minimum atomic E-state index is -0.457. The van der Waals surface area contributed by atoms with E-state index in [1.54, 1.807) is 6.92 Å². The summed E-state index contributed by atoms with van der Waals surface area (Å²) in [6.07, 6.45) is 2.44. The molecular formula is C19H24N4O4S. The average Bonchev–Trinajstić information content (AvgIpc) is 3.34. The number of carbonyl (C=O) groups is 2. The van der Waals surface area contributed by atoms with Crippen molar-refractivity contribution in [2.75, 3.05) is 35.7 Å². The Morgan fingerprint density at radius 3 is 2.75 bits per heavy atom. The molecule has 1 fully saturated rings. The third-order valence-corrected chi connectivity index (χ3v) is 5.24. The number of esters is 1. The Morgan fingerprint density at radius 2 is 2.07 bits per heavy atom.